The van der Waals surface area contributed by atoms with Crippen LogP contribution in [0.5, 0.6) is 5.88 Å². The van der Waals surface area contributed by atoms with Gasteiger partial charge < -0.3 is 14.5 Å². The molecule has 5 heteroatoms. The quantitative estimate of drug-likeness (QED) is 0.827. The summed E-state index contributed by atoms with van der Waals surface area (Å²) >= 11 is 0. The SMILES string of the molecule is COc1cccc(N2CCCC(C(=O)N(C)C)C2)n1. The Balaban J connectivity index is 2.10. The smallest absolute Gasteiger partial charge is 0.226 e. The zero-order valence-corrected chi connectivity index (χ0v) is 11.8. The van der Waals surface area contributed by atoms with Crippen molar-refractivity contribution in [3.05, 3.63) is 18.2 Å². The third kappa shape index (κ3) is 3.16. The molecule has 0 spiro atoms. The number of amides is 1. The zero-order valence-electron chi connectivity index (χ0n) is 11.8. The van der Waals surface area contributed by atoms with Gasteiger partial charge in [-0.2, -0.15) is 4.98 Å². The van der Waals surface area contributed by atoms with Crippen LogP contribution in [-0.4, -0.2) is 50.1 Å². The van der Waals surface area contributed by atoms with Crippen LogP contribution in [0.15, 0.2) is 18.2 Å². The van der Waals surface area contributed by atoms with Gasteiger partial charge in [-0.05, 0) is 18.9 Å². The maximum absolute atomic E-state index is 12.1. The van der Waals surface area contributed by atoms with Crippen molar-refractivity contribution in [2.24, 2.45) is 5.92 Å². The summed E-state index contributed by atoms with van der Waals surface area (Å²) in [6, 6.07) is 5.72. The highest BCUT2D eigenvalue weighted by atomic mass is 16.5. The van der Waals surface area contributed by atoms with E-state index in [0.717, 1.165) is 31.7 Å². The predicted molar refractivity (Wildman–Crippen MR) is 74.4 cm³/mol. The van der Waals surface area contributed by atoms with E-state index >= 15 is 0 Å². The lowest BCUT2D eigenvalue weighted by molar-refractivity contribution is -0.133. The molecular formula is C14H21N3O2. The molecule has 1 aromatic rings. The van der Waals surface area contributed by atoms with Crippen molar-refractivity contribution < 1.29 is 9.53 Å². The van der Waals surface area contributed by atoms with E-state index in [-0.39, 0.29) is 11.8 Å². The first-order chi connectivity index (χ1) is 9.11. The van der Waals surface area contributed by atoms with E-state index in [1.54, 1.807) is 12.0 Å². The fraction of sp³-hybridized carbons (Fsp3) is 0.571. The summed E-state index contributed by atoms with van der Waals surface area (Å²) in [6.07, 6.45) is 1.97. The Morgan fingerprint density at radius 2 is 2.26 bits per heavy atom. The summed E-state index contributed by atoms with van der Waals surface area (Å²) in [5, 5.41) is 0. The summed E-state index contributed by atoms with van der Waals surface area (Å²) in [4.78, 5) is 20.3. The van der Waals surface area contributed by atoms with Crippen molar-refractivity contribution in [1.29, 1.82) is 0 Å². The molecule has 1 unspecified atom stereocenters. The van der Waals surface area contributed by atoms with E-state index < -0.39 is 0 Å². The van der Waals surface area contributed by atoms with Crippen molar-refractivity contribution in [2.45, 2.75) is 12.8 Å². The van der Waals surface area contributed by atoms with Gasteiger partial charge in [-0.3, -0.25) is 4.79 Å². The number of methoxy groups -OCH3 is 1. The minimum Gasteiger partial charge on any atom is -0.481 e. The molecule has 2 rings (SSSR count). The lowest BCUT2D eigenvalue weighted by Gasteiger charge is -2.34. The average molecular weight is 263 g/mol. The van der Waals surface area contributed by atoms with Gasteiger partial charge in [0, 0.05) is 33.3 Å². The predicted octanol–water partition coefficient (Wildman–Crippen LogP) is 1.39. The monoisotopic (exact) mass is 263 g/mol. The van der Waals surface area contributed by atoms with Gasteiger partial charge in [0.1, 0.15) is 5.82 Å². The highest BCUT2D eigenvalue weighted by molar-refractivity contribution is 5.79. The lowest BCUT2D eigenvalue weighted by atomic mass is 9.97. The maximum Gasteiger partial charge on any atom is 0.226 e. The second-order valence-electron chi connectivity index (χ2n) is 5.06. The van der Waals surface area contributed by atoms with Crippen molar-refractivity contribution in [2.75, 3.05) is 39.2 Å². The minimum absolute atomic E-state index is 0.0664. The molecule has 1 fully saturated rings. The Hall–Kier alpha value is -1.78. The van der Waals surface area contributed by atoms with E-state index in [9.17, 15) is 4.79 Å². The van der Waals surface area contributed by atoms with Crippen molar-refractivity contribution in [3.63, 3.8) is 0 Å². The van der Waals surface area contributed by atoms with Crippen LogP contribution in [0.2, 0.25) is 0 Å². The molecule has 1 aromatic heterocycles. The van der Waals surface area contributed by atoms with E-state index in [2.05, 4.69) is 9.88 Å². The molecular weight excluding hydrogens is 242 g/mol. The largest absolute Gasteiger partial charge is 0.481 e. The van der Waals surface area contributed by atoms with Gasteiger partial charge >= 0.3 is 0 Å². The number of rotatable bonds is 3. The molecule has 0 N–H and O–H groups in total. The van der Waals surface area contributed by atoms with E-state index in [4.69, 9.17) is 4.74 Å². The van der Waals surface area contributed by atoms with E-state index in [1.807, 2.05) is 32.3 Å². The molecule has 1 aliphatic heterocycles. The van der Waals surface area contributed by atoms with Crippen molar-refractivity contribution in [3.8, 4) is 5.88 Å². The normalized spacial score (nSPS) is 19.1. The lowest BCUT2D eigenvalue weighted by Crippen LogP contribution is -2.43. The molecule has 0 radical (unpaired) electrons. The Labute approximate surface area is 114 Å². The Morgan fingerprint density at radius 1 is 1.47 bits per heavy atom. The highest BCUT2D eigenvalue weighted by Crippen LogP contribution is 2.24. The van der Waals surface area contributed by atoms with Gasteiger partial charge in [-0.1, -0.05) is 6.07 Å². The molecule has 19 heavy (non-hydrogen) atoms. The van der Waals surface area contributed by atoms with Crippen molar-refractivity contribution in [1.82, 2.24) is 9.88 Å². The third-order valence-electron chi connectivity index (χ3n) is 3.45. The van der Waals surface area contributed by atoms with E-state index in [1.165, 1.54) is 0 Å². The molecule has 1 aliphatic rings. The van der Waals surface area contributed by atoms with Gasteiger partial charge in [0.25, 0.3) is 0 Å². The van der Waals surface area contributed by atoms with Crippen LogP contribution < -0.4 is 9.64 Å². The summed E-state index contributed by atoms with van der Waals surface area (Å²) in [5.41, 5.74) is 0. The number of nitrogens with zero attached hydrogens (tertiary/aromatic N) is 3. The van der Waals surface area contributed by atoms with Gasteiger partial charge in [0.15, 0.2) is 0 Å². The number of hydrogen-bond donors (Lipinski definition) is 0. The number of aromatic nitrogens is 1. The molecule has 1 saturated heterocycles. The topological polar surface area (TPSA) is 45.7 Å². The highest BCUT2D eigenvalue weighted by Gasteiger charge is 2.27. The summed E-state index contributed by atoms with van der Waals surface area (Å²) < 4.78 is 5.15. The number of piperidine rings is 1. The number of carbonyl (C=O) groups excluding carboxylic acids is 1. The molecule has 0 aliphatic carbocycles. The third-order valence-corrected chi connectivity index (χ3v) is 3.45. The summed E-state index contributed by atoms with van der Waals surface area (Å²) in [7, 11) is 5.23. The number of ether oxygens (including phenoxy) is 1. The molecule has 0 aromatic carbocycles. The molecule has 104 valence electrons. The number of anilines is 1. The maximum atomic E-state index is 12.1. The second kappa shape index (κ2) is 5.91. The van der Waals surface area contributed by atoms with Gasteiger partial charge in [0.2, 0.25) is 11.8 Å². The molecule has 1 atom stereocenters. The molecule has 0 bridgehead atoms. The fourth-order valence-electron chi connectivity index (χ4n) is 2.45. The fourth-order valence-corrected chi connectivity index (χ4v) is 2.45. The first kappa shape index (κ1) is 13.6. The van der Waals surface area contributed by atoms with E-state index in [0.29, 0.717) is 5.88 Å². The molecule has 2 heterocycles. The Morgan fingerprint density at radius 3 is 2.95 bits per heavy atom. The standard InChI is InChI=1S/C14H21N3O2/c1-16(2)14(18)11-6-5-9-17(10-11)12-7-4-8-13(15-12)19-3/h4,7-8,11H,5-6,9-10H2,1-3H3. The van der Waals surface area contributed by atoms with Crippen LogP contribution in [0.3, 0.4) is 0 Å². The first-order valence-corrected chi connectivity index (χ1v) is 6.59. The molecule has 5 nitrogen and oxygen atoms in total. The molecule has 1 amide bonds. The van der Waals surface area contributed by atoms with Gasteiger partial charge in [-0.15, -0.1) is 0 Å². The Kier molecular flexibility index (Phi) is 4.24. The first-order valence-electron chi connectivity index (χ1n) is 6.59. The van der Waals surface area contributed by atoms with Crippen LogP contribution in [0, 0.1) is 5.92 Å². The number of pyridine rings is 1. The van der Waals surface area contributed by atoms with Crippen LogP contribution in [0.1, 0.15) is 12.8 Å². The zero-order chi connectivity index (χ0) is 13.8. The van der Waals surface area contributed by atoms with Gasteiger partial charge in [-0.25, -0.2) is 0 Å². The average Bonchev–Trinajstić information content (AvgIpc) is 2.46. The Bertz CT molecular complexity index is 448. The van der Waals surface area contributed by atoms with Crippen LogP contribution in [0.4, 0.5) is 5.82 Å². The number of hydrogen-bond acceptors (Lipinski definition) is 4. The van der Waals surface area contributed by atoms with Gasteiger partial charge in [0.05, 0.1) is 13.0 Å². The summed E-state index contributed by atoms with van der Waals surface area (Å²) in [5.74, 6) is 1.76. The summed E-state index contributed by atoms with van der Waals surface area (Å²) in [6.45, 7) is 1.68. The van der Waals surface area contributed by atoms with Crippen LogP contribution in [-0.2, 0) is 4.79 Å². The number of carbonyl (C=O) groups is 1. The minimum atomic E-state index is 0.0664. The second-order valence-corrected chi connectivity index (χ2v) is 5.06. The van der Waals surface area contributed by atoms with Crippen LogP contribution >= 0.6 is 0 Å². The van der Waals surface area contributed by atoms with Crippen molar-refractivity contribution >= 4 is 11.7 Å². The van der Waals surface area contributed by atoms with Crippen LogP contribution in [0.25, 0.3) is 0 Å². The molecule has 0 saturated carbocycles.